The molecule has 8 aromatic carbocycles. The Balaban J connectivity index is 1.29. The summed E-state index contributed by atoms with van der Waals surface area (Å²) < 4.78 is 10.1. The molecule has 0 atom stereocenters. The minimum atomic E-state index is 0.797. The average molecular weight is 757 g/mol. The van der Waals surface area contributed by atoms with E-state index in [0.717, 1.165) is 17.8 Å². The molecule has 4 nitrogen and oxygen atoms in total. The zero-order valence-electron chi connectivity index (χ0n) is 31.5. The molecule has 58 heavy (non-hydrogen) atoms. The summed E-state index contributed by atoms with van der Waals surface area (Å²) in [6.07, 6.45) is 0.797. The summed E-state index contributed by atoms with van der Waals surface area (Å²) in [5, 5.41) is 13.9. The number of para-hydroxylation sites is 4. The van der Waals surface area contributed by atoms with Crippen LogP contribution in [-0.2, 0) is 6.42 Å². The lowest BCUT2D eigenvalue weighted by molar-refractivity contribution is 0.995. The van der Waals surface area contributed by atoms with Gasteiger partial charge < -0.3 is 8.97 Å². The molecule has 0 N–H and O–H groups in total. The first kappa shape index (κ1) is 30.9. The maximum atomic E-state index is 5.78. The van der Waals surface area contributed by atoms with Crippen LogP contribution >= 0.6 is 11.3 Å². The summed E-state index contributed by atoms with van der Waals surface area (Å²) in [5.41, 5.74) is 12.1. The van der Waals surface area contributed by atoms with E-state index in [2.05, 4.69) is 184 Å². The summed E-state index contributed by atoms with van der Waals surface area (Å²) in [4.78, 5) is 5.78. The van der Waals surface area contributed by atoms with Gasteiger partial charge in [0.2, 0.25) is 0 Å². The Bertz CT molecular complexity index is 4030. The highest BCUT2D eigenvalue weighted by molar-refractivity contribution is 7.26. The lowest BCUT2D eigenvalue weighted by Gasteiger charge is -2.19. The van der Waals surface area contributed by atoms with E-state index in [9.17, 15) is 0 Å². The van der Waals surface area contributed by atoms with Crippen LogP contribution in [-0.4, -0.2) is 18.5 Å². The van der Waals surface area contributed by atoms with Crippen LogP contribution in [0.3, 0.4) is 0 Å². The first-order chi connectivity index (χ1) is 28.8. The Morgan fingerprint density at radius 1 is 0.466 bits per heavy atom. The Hall–Kier alpha value is -7.21. The molecular formula is C53H32N4S. The van der Waals surface area contributed by atoms with E-state index in [4.69, 9.17) is 4.98 Å². The topological polar surface area (TPSA) is 27.2 Å². The number of nitrogens with zero attached hydrogens (tertiary/aromatic N) is 4. The largest absolute Gasteiger partial charge is 0.308 e. The van der Waals surface area contributed by atoms with Crippen molar-refractivity contribution in [3.63, 3.8) is 0 Å². The van der Waals surface area contributed by atoms with Crippen LogP contribution in [0.2, 0.25) is 0 Å². The first-order valence-corrected chi connectivity index (χ1v) is 20.9. The molecule has 14 aromatic rings. The van der Waals surface area contributed by atoms with Gasteiger partial charge in [-0.15, -0.1) is 11.3 Å². The lowest BCUT2D eigenvalue weighted by atomic mass is 10.0. The standard InChI is InChI=1S/C53H32N4S/c1-2-31-51(52-48(37-21-9-14-26-45(37)58-52)54-53(31)56-41-23-11-5-17-33(41)34-18-6-12-24-42(34)56)57-44-28-27-30-15-3-4-16-32(30)46(44)39-29-38-35-19-7-10-22-40(35)55-43-25-13-8-20-36(43)47(49(38)55)50(39)57/h3-29H,2H2,1H3. The third-order valence-electron chi connectivity index (χ3n) is 12.9. The average Bonchev–Trinajstić information content (AvgIpc) is 4.07. The second-order valence-electron chi connectivity index (χ2n) is 15.7. The molecule has 0 aliphatic rings. The molecule has 6 heterocycles. The number of thiophene rings is 1. The van der Waals surface area contributed by atoms with Crippen molar-refractivity contribution in [1.82, 2.24) is 18.5 Å². The number of fused-ring (bicyclic) bond motifs is 18. The number of hydrogen-bond acceptors (Lipinski definition) is 2. The summed E-state index contributed by atoms with van der Waals surface area (Å²) in [6.45, 7) is 2.31. The molecule has 5 heteroatoms. The van der Waals surface area contributed by atoms with Gasteiger partial charge in [-0.25, -0.2) is 4.98 Å². The van der Waals surface area contributed by atoms with Crippen LogP contribution in [0.25, 0.3) is 124 Å². The minimum Gasteiger partial charge on any atom is -0.308 e. The van der Waals surface area contributed by atoms with E-state index in [1.54, 1.807) is 0 Å². The van der Waals surface area contributed by atoms with Crippen LogP contribution in [0.1, 0.15) is 12.5 Å². The van der Waals surface area contributed by atoms with Gasteiger partial charge in [-0.2, -0.15) is 0 Å². The second-order valence-corrected chi connectivity index (χ2v) is 16.7. The molecule has 14 rings (SSSR count). The van der Waals surface area contributed by atoms with Crippen molar-refractivity contribution in [3.05, 3.63) is 169 Å². The van der Waals surface area contributed by atoms with E-state index in [1.807, 2.05) is 11.3 Å². The molecule has 0 aliphatic heterocycles. The van der Waals surface area contributed by atoms with Gasteiger partial charge in [0.25, 0.3) is 0 Å². The summed E-state index contributed by atoms with van der Waals surface area (Å²) >= 11 is 1.87. The number of hydrogen-bond donors (Lipinski definition) is 0. The molecule has 6 aromatic heterocycles. The van der Waals surface area contributed by atoms with Gasteiger partial charge in [-0.05, 0) is 59.7 Å². The normalized spacial score (nSPS) is 12.6. The Morgan fingerprint density at radius 2 is 1.05 bits per heavy atom. The zero-order valence-corrected chi connectivity index (χ0v) is 32.3. The van der Waals surface area contributed by atoms with Gasteiger partial charge in [0, 0.05) is 58.7 Å². The molecule has 0 saturated carbocycles. The highest BCUT2D eigenvalue weighted by Crippen LogP contribution is 2.50. The molecular weight excluding hydrogens is 725 g/mol. The minimum absolute atomic E-state index is 0.797. The van der Waals surface area contributed by atoms with Crippen molar-refractivity contribution < 1.29 is 0 Å². The number of benzene rings is 8. The van der Waals surface area contributed by atoms with Gasteiger partial charge in [-0.1, -0.05) is 128 Å². The second kappa shape index (κ2) is 11.0. The molecule has 0 saturated heterocycles. The monoisotopic (exact) mass is 756 g/mol. The van der Waals surface area contributed by atoms with Crippen LogP contribution < -0.4 is 0 Å². The zero-order chi connectivity index (χ0) is 37.8. The van der Waals surface area contributed by atoms with Gasteiger partial charge >= 0.3 is 0 Å². The van der Waals surface area contributed by atoms with Crippen LogP contribution in [0.15, 0.2) is 164 Å². The van der Waals surface area contributed by atoms with E-state index >= 15 is 0 Å². The molecule has 0 amide bonds. The first-order valence-electron chi connectivity index (χ1n) is 20.1. The van der Waals surface area contributed by atoms with Crippen molar-refractivity contribution in [2.24, 2.45) is 0 Å². The molecule has 0 radical (unpaired) electrons. The number of pyridine rings is 1. The Morgan fingerprint density at radius 3 is 1.78 bits per heavy atom. The maximum Gasteiger partial charge on any atom is 0.143 e. The molecule has 270 valence electrons. The Labute approximate surface area is 335 Å². The lowest BCUT2D eigenvalue weighted by Crippen LogP contribution is -2.08. The summed E-state index contributed by atoms with van der Waals surface area (Å²) in [6, 6.07) is 60.5. The number of aromatic nitrogens is 4. The molecule has 0 bridgehead atoms. The van der Waals surface area contributed by atoms with Gasteiger partial charge in [0.05, 0.1) is 54.5 Å². The van der Waals surface area contributed by atoms with Crippen molar-refractivity contribution in [2.75, 3.05) is 0 Å². The third kappa shape index (κ3) is 3.69. The van der Waals surface area contributed by atoms with E-state index < -0.39 is 0 Å². The highest BCUT2D eigenvalue weighted by Gasteiger charge is 2.29. The fourth-order valence-corrected chi connectivity index (χ4v) is 11.8. The van der Waals surface area contributed by atoms with Crippen molar-refractivity contribution in [2.45, 2.75) is 13.3 Å². The van der Waals surface area contributed by atoms with Gasteiger partial charge in [0.15, 0.2) is 0 Å². The highest BCUT2D eigenvalue weighted by atomic mass is 32.1. The van der Waals surface area contributed by atoms with Crippen LogP contribution in [0.5, 0.6) is 0 Å². The van der Waals surface area contributed by atoms with Crippen LogP contribution in [0, 0.1) is 0 Å². The number of rotatable bonds is 3. The van der Waals surface area contributed by atoms with E-state index in [0.29, 0.717) is 0 Å². The van der Waals surface area contributed by atoms with E-state index in [1.165, 1.54) is 119 Å². The maximum absolute atomic E-state index is 5.78. The fourth-order valence-electron chi connectivity index (χ4n) is 10.6. The quantitative estimate of drug-likeness (QED) is 0.176. The van der Waals surface area contributed by atoms with E-state index in [-0.39, 0.29) is 0 Å². The van der Waals surface area contributed by atoms with Crippen LogP contribution in [0.4, 0.5) is 0 Å². The predicted octanol–water partition coefficient (Wildman–Crippen LogP) is 14.5. The predicted molar refractivity (Wildman–Crippen MR) is 247 cm³/mol. The summed E-state index contributed by atoms with van der Waals surface area (Å²) in [5.74, 6) is 0.994. The molecule has 0 unspecified atom stereocenters. The van der Waals surface area contributed by atoms with Gasteiger partial charge in [0.1, 0.15) is 5.82 Å². The Kier molecular flexibility index (Phi) is 5.87. The summed E-state index contributed by atoms with van der Waals surface area (Å²) in [7, 11) is 0. The molecule has 0 fully saturated rings. The fraction of sp³-hybridized carbons (Fsp3) is 0.0377. The molecule has 0 aliphatic carbocycles. The molecule has 0 spiro atoms. The SMILES string of the molecule is CCc1c(-n2c3ccccc3c3ccccc32)nc2c(sc3ccccc32)c1-n1c2ccc3ccccc3c2c2cc3c4ccccc4n4c5ccccc5c(c21)c34. The smallest absolute Gasteiger partial charge is 0.143 e. The van der Waals surface area contributed by atoms with Crippen molar-refractivity contribution >= 4 is 124 Å². The van der Waals surface area contributed by atoms with Crippen molar-refractivity contribution in [3.8, 4) is 11.5 Å². The van der Waals surface area contributed by atoms with Crippen molar-refractivity contribution in [1.29, 1.82) is 0 Å². The van der Waals surface area contributed by atoms with Gasteiger partial charge in [-0.3, -0.25) is 4.57 Å². The third-order valence-corrected chi connectivity index (χ3v) is 14.1.